The third-order valence-electron chi connectivity index (χ3n) is 7.00. The maximum absolute atomic E-state index is 12.8. The Morgan fingerprint density at radius 2 is 1.65 bits per heavy atom. The molecule has 2 aliphatic heterocycles. The molecule has 1 saturated heterocycles. The Hall–Kier alpha value is -4.82. The minimum atomic E-state index is -1.79. The Labute approximate surface area is 244 Å². The quantitative estimate of drug-likeness (QED) is 0.118. The van der Waals surface area contributed by atoms with Gasteiger partial charge in [-0.1, -0.05) is 18.2 Å². The van der Waals surface area contributed by atoms with E-state index in [9.17, 15) is 45.3 Å². The summed E-state index contributed by atoms with van der Waals surface area (Å²) in [7, 11) is 0. The average molecular weight is 597 g/mol. The van der Waals surface area contributed by atoms with Gasteiger partial charge in [-0.2, -0.15) is 0 Å². The fourth-order valence-electron chi connectivity index (χ4n) is 4.61. The molecular weight excluding hydrogens is 568 g/mol. The summed E-state index contributed by atoms with van der Waals surface area (Å²) in [6.45, 7) is -0.529. The highest BCUT2D eigenvalue weighted by atomic mass is 16.7. The summed E-state index contributed by atoms with van der Waals surface area (Å²) in [5.41, 5.74) is 1.02. The highest BCUT2D eigenvalue weighted by Crippen LogP contribution is 2.46. The lowest BCUT2D eigenvalue weighted by molar-refractivity contribution is -0.278. The number of ether oxygens (including phenoxy) is 4. The van der Waals surface area contributed by atoms with E-state index in [0.717, 1.165) is 6.08 Å². The zero-order valence-corrected chi connectivity index (χ0v) is 22.3. The summed E-state index contributed by atoms with van der Waals surface area (Å²) in [4.78, 5) is 25.0. The van der Waals surface area contributed by atoms with Gasteiger partial charge in [-0.15, -0.1) is 0 Å². The number of phenolic OH excluding ortho intramolecular Hbond substituents is 4. The number of aliphatic hydroxyl groups is 3. The maximum Gasteiger partial charge on any atom is 0.330 e. The molecule has 6 atom stereocenters. The third-order valence-corrected chi connectivity index (χ3v) is 7.00. The average Bonchev–Trinajstić information content (AvgIpc) is 2.99. The first-order valence-corrected chi connectivity index (χ1v) is 13.1. The van der Waals surface area contributed by atoms with Gasteiger partial charge in [-0.25, -0.2) is 4.79 Å². The molecule has 0 bridgehead atoms. The first kappa shape index (κ1) is 29.7. The number of Topliss-reactive ketones (excluding diaryl/α,β-unsaturated/α-hetero) is 1. The third kappa shape index (κ3) is 6.34. The molecular formula is C30H28O13. The van der Waals surface area contributed by atoms with E-state index < -0.39 is 60.9 Å². The Morgan fingerprint density at radius 3 is 2.37 bits per heavy atom. The summed E-state index contributed by atoms with van der Waals surface area (Å²) < 4.78 is 22.1. The molecule has 43 heavy (non-hydrogen) atoms. The van der Waals surface area contributed by atoms with Crippen molar-refractivity contribution in [2.45, 2.75) is 43.2 Å². The largest absolute Gasteiger partial charge is 0.508 e. The normalized spacial score (nSPS) is 25.1. The second-order valence-electron chi connectivity index (χ2n) is 9.96. The number of ketones is 1. The SMILES string of the molecule is O=C(C=Cc1ccc(O)cc1)OC[C@H]1O[C@@H](Oc2ccc3c(c2O)O[C@H](c2ccc(O)c(O)c2)CC3=O)[C@H](O)[C@@H](O)[C@@H]1O. The van der Waals surface area contributed by atoms with Gasteiger partial charge in [0, 0.05) is 6.08 Å². The Kier molecular flexibility index (Phi) is 8.41. The van der Waals surface area contributed by atoms with Crippen LogP contribution in [0.2, 0.25) is 0 Å². The molecule has 13 nitrogen and oxygen atoms in total. The minimum absolute atomic E-state index is 0.0508. The molecule has 3 aromatic rings. The van der Waals surface area contributed by atoms with Crippen LogP contribution in [0.4, 0.5) is 0 Å². The van der Waals surface area contributed by atoms with Crippen LogP contribution in [0.3, 0.4) is 0 Å². The van der Waals surface area contributed by atoms with Crippen molar-refractivity contribution in [1.82, 2.24) is 0 Å². The number of phenols is 4. The monoisotopic (exact) mass is 596 g/mol. The zero-order valence-electron chi connectivity index (χ0n) is 22.3. The van der Waals surface area contributed by atoms with Crippen LogP contribution < -0.4 is 9.47 Å². The number of rotatable bonds is 7. The van der Waals surface area contributed by atoms with Gasteiger partial charge in [0.15, 0.2) is 28.8 Å². The van der Waals surface area contributed by atoms with Crippen molar-refractivity contribution in [3.8, 4) is 34.5 Å². The van der Waals surface area contributed by atoms with E-state index in [1.165, 1.54) is 48.5 Å². The Bertz CT molecular complexity index is 1530. The molecule has 2 aliphatic rings. The van der Waals surface area contributed by atoms with Crippen LogP contribution in [-0.4, -0.2) is 84.8 Å². The standard InChI is InChI=1S/C30H28O13/c31-16-5-1-14(2-6-16)3-10-24(35)40-13-23-25(36)27(38)28(39)30(43-23)42-21-9-7-17-19(33)12-22(41-29(17)26(21)37)15-4-8-18(32)20(34)11-15/h1-11,22-23,25,27-28,30-32,34,36-39H,12-13H2/t22-,23+,25+,27-,28+,30+/m0/s1. The van der Waals surface area contributed by atoms with Crippen LogP contribution in [0.1, 0.15) is 34.0 Å². The predicted octanol–water partition coefficient (Wildman–Crippen LogP) is 1.66. The number of esters is 1. The fourth-order valence-corrected chi connectivity index (χ4v) is 4.61. The maximum atomic E-state index is 12.8. The van der Waals surface area contributed by atoms with Crippen LogP contribution in [0.15, 0.2) is 60.7 Å². The Morgan fingerprint density at radius 1 is 0.907 bits per heavy atom. The van der Waals surface area contributed by atoms with Crippen molar-refractivity contribution in [1.29, 1.82) is 0 Å². The van der Waals surface area contributed by atoms with Crippen LogP contribution >= 0.6 is 0 Å². The summed E-state index contributed by atoms with van der Waals surface area (Å²) in [5.74, 6) is -3.03. The van der Waals surface area contributed by atoms with E-state index in [0.29, 0.717) is 11.1 Å². The van der Waals surface area contributed by atoms with Crippen molar-refractivity contribution < 1.29 is 64.3 Å². The predicted molar refractivity (Wildman–Crippen MR) is 146 cm³/mol. The number of fused-ring (bicyclic) bond motifs is 1. The van der Waals surface area contributed by atoms with E-state index in [4.69, 9.17) is 18.9 Å². The zero-order chi connectivity index (χ0) is 30.8. The molecule has 2 heterocycles. The second kappa shape index (κ2) is 12.2. The molecule has 3 aromatic carbocycles. The topological polar surface area (TPSA) is 213 Å². The van der Waals surface area contributed by atoms with Crippen LogP contribution in [0.5, 0.6) is 34.5 Å². The second-order valence-corrected chi connectivity index (χ2v) is 9.96. The first-order chi connectivity index (χ1) is 20.5. The summed E-state index contributed by atoms with van der Waals surface area (Å²) in [6, 6.07) is 12.5. The van der Waals surface area contributed by atoms with Crippen molar-refractivity contribution in [3.05, 3.63) is 77.4 Å². The lowest BCUT2D eigenvalue weighted by Gasteiger charge is -2.40. The van der Waals surface area contributed by atoms with E-state index in [-0.39, 0.29) is 40.8 Å². The van der Waals surface area contributed by atoms with E-state index in [1.807, 2.05) is 0 Å². The highest BCUT2D eigenvalue weighted by molar-refractivity contribution is 6.01. The molecule has 0 spiro atoms. The smallest absolute Gasteiger partial charge is 0.330 e. The summed E-state index contributed by atoms with van der Waals surface area (Å²) in [6.07, 6.45) is -6.70. The van der Waals surface area contributed by atoms with Gasteiger partial charge >= 0.3 is 5.97 Å². The molecule has 0 aromatic heterocycles. The minimum Gasteiger partial charge on any atom is -0.508 e. The van der Waals surface area contributed by atoms with E-state index in [2.05, 4.69) is 0 Å². The van der Waals surface area contributed by atoms with Crippen LogP contribution in [0, 0.1) is 0 Å². The van der Waals surface area contributed by atoms with Gasteiger partial charge in [0.25, 0.3) is 0 Å². The van der Waals surface area contributed by atoms with E-state index in [1.54, 1.807) is 12.1 Å². The van der Waals surface area contributed by atoms with Gasteiger partial charge in [0.1, 0.15) is 42.9 Å². The molecule has 1 fully saturated rings. The van der Waals surface area contributed by atoms with Crippen molar-refractivity contribution in [2.75, 3.05) is 6.61 Å². The first-order valence-electron chi connectivity index (χ1n) is 13.1. The molecule has 0 saturated carbocycles. The molecule has 0 radical (unpaired) electrons. The molecule has 7 N–H and O–H groups in total. The molecule has 5 rings (SSSR count). The number of aromatic hydroxyl groups is 4. The van der Waals surface area contributed by atoms with Crippen molar-refractivity contribution in [3.63, 3.8) is 0 Å². The van der Waals surface area contributed by atoms with Gasteiger partial charge < -0.3 is 54.7 Å². The van der Waals surface area contributed by atoms with Crippen molar-refractivity contribution in [2.24, 2.45) is 0 Å². The van der Waals surface area contributed by atoms with Gasteiger partial charge in [-0.3, -0.25) is 4.79 Å². The Balaban J connectivity index is 1.28. The number of hydrogen-bond donors (Lipinski definition) is 7. The number of aliphatic hydroxyl groups excluding tert-OH is 3. The number of hydrogen-bond acceptors (Lipinski definition) is 13. The molecule has 0 aliphatic carbocycles. The molecule has 226 valence electrons. The lowest BCUT2D eigenvalue weighted by atomic mass is 9.95. The number of carbonyl (C=O) groups is 2. The van der Waals surface area contributed by atoms with Gasteiger partial charge in [-0.05, 0) is 53.6 Å². The van der Waals surface area contributed by atoms with Gasteiger partial charge in [0.2, 0.25) is 12.0 Å². The van der Waals surface area contributed by atoms with Crippen molar-refractivity contribution >= 4 is 17.8 Å². The number of carbonyl (C=O) groups excluding carboxylic acids is 2. The van der Waals surface area contributed by atoms with Crippen LogP contribution in [-0.2, 0) is 14.3 Å². The molecule has 13 heteroatoms. The summed E-state index contributed by atoms with van der Waals surface area (Å²) in [5, 5.41) is 71.0. The fraction of sp³-hybridized carbons (Fsp3) is 0.267. The number of benzene rings is 3. The molecule has 0 unspecified atom stereocenters. The van der Waals surface area contributed by atoms with Gasteiger partial charge in [0.05, 0.1) is 12.0 Å². The lowest BCUT2D eigenvalue weighted by Crippen LogP contribution is -2.60. The molecule has 0 amide bonds. The van der Waals surface area contributed by atoms with E-state index >= 15 is 0 Å². The highest BCUT2D eigenvalue weighted by Gasteiger charge is 2.46. The summed E-state index contributed by atoms with van der Waals surface area (Å²) >= 11 is 0. The van der Waals surface area contributed by atoms with Crippen LogP contribution in [0.25, 0.3) is 6.08 Å².